The Kier molecular flexibility index (Phi) is 6.38. The lowest BCUT2D eigenvalue weighted by Crippen LogP contribution is -2.49. The lowest BCUT2D eigenvalue weighted by molar-refractivity contribution is -0.132. The van der Waals surface area contributed by atoms with Gasteiger partial charge in [0.05, 0.1) is 6.04 Å². The van der Waals surface area contributed by atoms with E-state index in [2.05, 4.69) is 5.32 Å². The maximum absolute atomic E-state index is 12.4. The van der Waals surface area contributed by atoms with Gasteiger partial charge in [-0.25, -0.2) is 4.79 Å². The van der Waals surface area contributed by atoms with Crippen LogP contribution in [0.1, 0.15) is 45.4 Å². The molecule has 3 N–H and O–H groups in total. The van der Waals surface area contributed by atoms with E-state index in [4.69, 9.17) is 5.73 Å². The second kappa shape index (κ2) is 8.29. The van der Waals surface area contributed by atoms with Gasteiger partial charge in [-0.3, -0.25) is 19.8 Å². The molecule has 2 fully saturated rings. The Morgan fingerprint density at radius 3 is 2.43 bits per heavy atom. The average Bonchev–Trinajstić information content (AvgIpc) is 2.87. The summed E-state index contributed by atoms with van der Waals surface area (Å²) in [4.78, 5) is 39.0. The number of urea groups is 1. The molecule has 1 heterocycles. The van der Waals surface area contributed by atoms with Crippen LogP contribution in [0.5, 0.6) is 0 Å². The van der Waals surface area contributed by atoms with Crippen LogP contribution in [0.4, 0.5) is 4.79 Å². The van der Waals surface area contributed by atoms with Crippen molar-refractivity contribution in [1.82, 2.24) is 15.1 Å². The lowest BCUT2D eigenvalue weighted by Gasteiger charge is -2.26. The van der Waals surface area contributed by atoms with Crippen LogP contribution in [0.15, 0.2) is 0 Å². The molecule has 0 aromatic heterocycles. The number of hydrogen-bond acceptors (Lipinski definition) is 4. The third-order valence-corrected chi connectivity index (χ3v) is 4.99. The summed E-state index contributed by atoms with van der Waals surface area (Å²) in [5.41, 5.74) is 4.99. The monoisotopic (exact) mass is 324 g/mol. The Morgan fingerprint density at radius 2 is 1.78 bits per heavy atom. The molecular weight excluding hydrogens is 296 g/mol. The molecule has 0 radical (unpaired) electrons. The van der Waals surface area contributed by atoms with Gasteiger partial charge in [0.15, 0.2) is 0 Å². The summed E-state index contributed by atoms with van der Waals surface area (Å²) >= 11 is 0. The number of carbonyl (C=O) groups is 3. The second-order valence-electron chi connectivity index (χ2n) is 6.65. The number of nitrogens with zero attached hydrogens (tertiary/aromatic N) is 2. The number of rotatable bonds is 4. The highest BCUT2D eigenvalue weighted by atomic mass is 16.2. The van der Waals surface area contributed by atoms with Crippen LogP contribution in [0.2, 0.25) is 0 Å². The lowest BCUT2D eigenvalue weighted by atomic mass is 10.0. The quantitative estimate of drug-likeness (QED) is 0.795. The number of imide groups is 1. The number of amides is 4. The van der Waals surface area contributed by atoms with Crippen LogP contribution in [-0.4, -0.2) is 59.9 Å². The van der Waals surface area contributed by atoms with Crippen molar-refractivity contribution in [3.05, 3.63) is 0 Å². The molecule has 1 atom stereocenters. The zero-order chi connectivity index (χ0) is 16.8. The van der Waals surface area contributed by atoms with Crippen LogP contribution in [0.25, 0.3) is 0 Å². The van der Waals surface area contributed by atoms with Gasteiger partial charge in [0.25, 0.3) is 0 Å². The SMILES string of the molecule is C[C@@H](C(=O)NC(N)=O)N1CCCN(C(=O)CC2CCCC2)CC1. The van der Waals surface area contributed by atoms with Crippen molar-refractivity contribution in [1.29, 1.82) is 0 Å². The molecule has 4 amide bonds. The van der Waals surface area contributed by atoms with E-state index in [0.29, 0.717) is 25.4 Å². The largest absolute Gasteiger partial charge is 0.351 e. The van der Waals surface area contributed by atoms with E-state index < -0.39 is 12.1 Å². The minimum atomic E-state index is -0.829. The molecule has 1 saturated carbocycles. The molecule has 2 rings (SSSR count). The van der Waals surface area contributed by atoms with Gasteiger partial charge >= 0.3 is 6.03 Å². The van der Waals surface area contributed by atoms with E-state index in [1.807, 2.05) is 9.80 Å². The first-order valence-corrected chi connectivity index (χ1v) is 8.59. The minimum absolute atomic E-state index is 0.244. The maximum atomic E-state index is 12.4. The van der Waals surface area contributed by atoms with Crippen LogP contribution < -0.4 is 11.1 Å². The highest BCUT2D eigenvalue weighted by Crippen LogP contribution is 2.28. The normalized spacial score (nSPS) is 21.7. The van der Waals surface area contributed by atoms with E-state index in [9.17, 15) is 14.4 Å². The molecule has 1 saturated heterocycles. The Morgan fingerprint density at radius 1 is 1.09 bits per heavy atom. The molecule has 1 aliphatic carbocycles. The maximum Gasteiger partial charge on any atom is 0.318 e. The van der Waals surface area contributed by atoms with E-state index in [0.717, 1.165) is 19.5 Å². The molecule has 130 valence electrons. The van der Waals surface area contributed by atoms with Crippen LogP contribution in [0, 0.1) is 5.92 Å². The molecule has 2 aliphatic rings. The zero-order valence-corrected chi connectivity index (χ0v) is 13.9. The van der Waals surface area contributed by atoms with Gasteiger partial charge in [0.2, 0.25) is 11.8 Å². The first-order chi connectivity index (χ1) is 11.0. The third kappa shape index (κ3) is 5.20. The van der Waals surface area contributed by atoms with Crippen molar-refractivity contribution >= 4 is 17.8 Å². The fourth-order valence-corrected chi connectivity index (χ4v) is 3.56. The molecule has 0 spiro atoms. The second-order valence-corrected chi connectivity index (χ2v) is 6.65. The van der Waals surface area contributed by atoms with Gasteiger partial charge < -0.3 is 10.6 Å². The number of nitrogens with two attached hydrogens (primary N) is 1. The first kappa shape index (κ1) is 17.7. The van der Waals surface area contributed by atoms with Crippen LogP contribution in [-0.2, 0) is 9.59 Å². The Balaban J connectivity index is 1.82. The first-order valence-electron chi connectivity index (χ1n) is 8.59. The summed E-state index contributed by atoms with van der Waals surface area (Å²) in [5.74, 6) is 0.415. The number of hydrogen-bond donors (Lipinski definition) is 2. The van der Waals surface area contributed by atoms with Crippen molar-refractivity contribution in [2.45, 2.75) is 51.5 Å². The van der Waals surface area contributed by atoms with E-state index in [-0.39, 0.29) is 11.8 Å². The summed E-state index contributed by atoms with van der Waals surface area (Å²) in [6.45, 7) is 4.52. The van der Waals surface area contributed by atoms with Crippen molar-refractivity contribution in [3.63, 3.8) is 0 Å². The minimum Gasteiger partial charge on any atom is -0.351 e. The topological polar surface area (TPSA) is 95.7 Å². The molecular formula is C16H28N4O3. The highest BCUT2D eigenvalue weighted by Gasteiger charge is 2.27. The molecule has 7 heteroatoms. The molecule has 0 aromatic rings. The summed E-state index contributed by atoms with van der Waals surface area (Å²) in [6, 6.07) is -1.25. The van der Waals surface area contributed by atoms with Crippen LogP contribution in [0.3, 0.4) is 0 Å². The molecule has 1 aliphatic heterocycles. The Hall–Kier alpha value is -1.63. The van der Waals surface area contributed by atoms with Crippen molar-refractivity contribution in [3.8, 4) is 0 Å². The average molecular weight is 324 g/mol. The van der Waals surface area contributed by atoms with Crippen molar-refractivity contribution < 1.29 is 14.4 Å². The molecule has 0 unspecified atom stereocenters. The smallest absolute Gasteiger partial charge is 0.318 e. The molecule has 0 aromatic carbocycles. The van der Waals surface area contributed by atoms with Gasteiger partial charge in [-0.05, 0) is 32.1 Å². The van der Waals surface area contributed by atoms with Gasteiger partial charge in [-0.1, -0.05) is 12.8 Å². The molecule has 23 heavy (non-hydrogen) atoms. The van der Waals surface area contributed by atoms with Gasteiger partial charge in [-0.2, -0.15) is 0 Å². The fourth-order valence-electron chi connectivity index (χ4n) is 3.56. The van der Waals surface area contributed by atoms with Gasteiger partial charge in [-0.15, -0.1) is 0 Å². The summed E-state index contributed by atoms with van der Waals surface area (Å²) in [7, 11) is 0. The molecule has 0 bridgehead atoms. The highest BCUT2D eigenvalue weighted by molar-refractivity contribution is 5.96. The Labute approximate surface area is 137 Å². The van der Waals surface area contributed by atoms with E-state index >= 15 is 0 Å². The van der Waals surface area contributed by atoms with Gasteiger partial charge in [0.1, 0.15) is 0 Å². The predicted molar refractivity (Wildman–Crippen MR) is 86.5 cm³/mol. The summed E-state index contributed by atoms with van der Waals surface area (Å²) in [5, 5.41) is 2.12. The number of carbonyl (C=O) groups excluding carboxylic acids is 3. The predicted octanol–water partition coefficient (Wildman–Crippen LogP) is 0.684. The van der Waals surface area contributed by atoms with Crippen molar-refractivity contribution in [2.75, 3.05) is 26.2 Å². The van der Waals surface area contributed by atoms with Crippen molar-refractivity contribution in [2.24, 2.45) is 11.7 Å². The third-order valence-electron chi connectivity index (χ3n) is 4.99. The zero-order valence-electron chi connectivity index (χ0n) is 13.9. The Bertz CT molecular complexity index is 449. The van der Waals surface area contributed by atoms with Crippen LogP contribution >= 0.6 is 0 Å². The summed E-state index contributed by atoms with van der Waals surface area (Å²) in [6.07, 6.45) is 6.35. The summed E-state index contributed by atoms with van der Waals surface area (Å²) < 4.78 is 0. The van der Waals surface area contributed by atoms with E-state index in [1.165, 1.54) is 25.7 Å². The fraction of sp³-hybridized carbons (Fsp3) is 0.812. The number of primary amides is 1. The standard InChI is InChI=1S/C16H28N4O3/c1-12(15(22)18-16(17)23)19-7-4-8-20(10-9-19)14(21)11-13-5-2-3-6-13/h12-13H,2-11H2,1H3,(H3,17,18,22,23)/t12-/m0/s1. The van der Waals surface area contributed by atoms with Gasteiger partial charge in [0, 0.05) is 32.6 Å². The number of nitrogens with one attached hydrogen (secondary N) is 1. The molecule has 7 nitrogen and oxygen atoms in total. The van der Waals surface area contributed by atoms with E-state index in [1.54, 1.807) is 6.92 Å².